The van der Waals surface area contributed by atoms with Crippen LogP contribution in [0.15, 0.2) is 71.6 Å². The first-order valence-electron chi connectivity index (χ1n) is 14.4. The molecular weight excluding hydrogens is 641 g/mol. The molecule has 242 valence electrons. The molecule has 9 nitrogen and oxygen atoms in total. The summed E-state index contributed by atoms with van der Waals surface area (Å²) < 4.78 is 43.0. The Morgan fingerprint density at radius 1 is 1.04 bits per heavy atom. The minimum Gasteiger partial charge on any atom is -0.384 e. The number of carbonyl (C=O) groups excluding carboxylic acids is 3. The summed E-state index contributed by atoms with van der Waals surface area (Å²) in [6.07, 6.45) is -0.274. The van der Waals surface area contributed by atoms with Crippen molar-refractivity contribution in [3.05, 3.63) is 88.7 Å². The van der Waals surface area contributed by atoms with Gasteiger partial charge in [-0.1, -0.05) is 61.0 Å². The Labute approximate surface area is 273 Å². The Bertz CT molecular complexity index is 1620. The van der Waals surface area contributed by atoms with Gasteiger partial charge in [0.1, 0.15) is 11.9 Å². The highest BCUT2D eigenvalue weighted by atomic mass is 35.5. The van der Waals surface area contributed by atoms with Crippen molar-refractivity contribution in [1.29, 1.82) is 0 Å². The number of benzene rings is 3. The zero-order chi connectivity index (χ0) is 33.1. The molecule has 0 aliphatic carbocycles. The Balaban J connectivity index is 1.74. The molecule has 0 aromatic heterocycles. The summed E-state index contributed by atoms with van der Waals surface area (Å²) in [4.78, 5) is 38.9. The number of rotatable bonds is 15. The topological polar surface area (TPSA) is 133 Å². The average molecular weight is 678 g/mol. The molecule has 0 spiro atoms. The van der Waals surface area contributed by atoms with E-state index in [1.165, 1.54) is 35.2 Å². The highest BCUT2D eigenvalue weighted by Crippen LogP contribution is 2.29. The standard InChI is InChI=1S/C32H37ClFN3O6S2/c1-3-7-30(39)37(15-14-35-32(41)25(20-44)16-22-8-6-9-26(33)17-22)19-24-13-12-23(18-28(24)34)27-10-4-5-11-29(27)45(42,43)36-31(40)21(2)38/h4-6,8-13,17-18,21,25,38,44H,3,7,14-16,19-20H2,1-2H3,(H,35,41)(H,36,40)/t21-,25+/m0/s1. The Kier molecular flexibility index (Phi) is 13.4. The van der Waals surface area contributed by atoms with Crippen molar-refractivity contribution in [2.75, 3.05) is 18.8 Å². The number of amides is 3. The van der Waals surface area contributed by atoms with E-state index in [0.29, 0.717) is 23.6 Å². The van der Waals surface area contributed by atoms with Crippen molar-refractivity contribution < 1.29 is 32.3 Å². The van der Waals surface area contributed by atoms with Gasteiger partial charge in [0.2, 0.25) is 11.8 Å². The molecule has 45 heavy (non-hydrogen) atoms. The van der Waals surface area contributed by atoms with Gasteiger partial charge in [0.05, 0.1) is 10.8 Å². The fourth-order valence-electron chi connectivity index (χ4n) is 4.57. The molecular formula is C32H37ClFN3O6S2. The zero-order valence-corrected chi connectivity index (χ0v) is 27.5. The Hall–Kier alpha value is -3.45. The van der Waals surface area contributed by atoms with Crippen molar-refractivity contribution >= 4 is 52.0 Å². The van der Waals surface area contributed by atoms with E-state index in [1.54, 1.807) is 18.2 Å². The van der Waals surface area contributed by atoms with Gasteiger partial charge in [0, 0.05) is 48.0 Å². The highest BCUT2D eigenvalue weighted by molar-refractivity contribution is 7.90. The monoisotopic (exact) mass is 677 g/mol. The summed E-state index contributed by atoms with van der Waals surface area (Å²) in [5, 5.41) is 12.9. The fraction of sp³-hybridized carbons (Fsp3) is 0.344. The van der Waals surface area contributed by atoms with E-state index >= 15 is 4.39 Å². The predicted octanol–water partition coefficient (Wildman–Crippen LogP) is 4.37. The lowest BCUT2D eigenvalue weighted by Crippen LogP contribution is -2.40. The first-order chi connectivity index (χ1) is 21.4. The summed E-state index contributed by atoms with van der Waals surface area (Å²) in [5.74, 6) is -2.29. The number of nitrogens with one attached hydrogen (secondary N) is 2. The van der Waals surface area contributed by atoms with Crippen LogP contribution in [-0.4, -0.2) is 61.1 Å². The summed E-state index contributed by atoms with van der Waals surface area (Å²) in [6, 6.07) is 17.2. The van der Waals surface area contributed by atoms with Crippen LogP contribution in [0.25, 0.3) is 11.1 Å². The molecule has 0 unspecified atom stereocenters. The molecule has 3 rings (SSSR count). The lowest BCUT2D eigenvalue weighted by Gasteiger charge is -2.24. The van der Waals surface area contributed by atoms with Crippen molar-refractivity contribution in [2.45, 2.75) is 50.7 Å². The van der Waals surface area contributed by atoms with E-state index in [-0.39, 0.29) is 59.5 Å². The molecule has 3 amide bonds. The van der Waals surface area contributed by atoms with Crippen LogP contribution in [0.3, 0.4) is 0 Å². The smallest absolute Gasteiger partial charge is 0.264 e. The third-order valence-electron chi connectivity index (χ3n) is 6.98. The second kappa shape index (κ2) is 16.7. The number of sulfonamides is 1. The van der Waals surface area contributed by atoms with E-state index in [2.05, 4.69) is 17.9 Å². The van der Waals surface area contributed by atoms with E-state index in [0.717, 1.165) is 18.6 Å². The van der Waals surface area contributed by atoms with Gasteiger partial charge in [-0.15, -0.1) is 0 Å². The lowest BCUT2D eigenvalue weighted by molar-refractivity contribution is -0.132. The average Bonchev–Trinajstić information content (AvgIpc) is 3.00. The molecule has 0 aliphatic rings. The number of thiol groups is 1. The number of nitrogens with zero attached hydrogens (tertiary/aromatic N) is 1. The molecule has 13 heteroatoms. The van der Waals surface area contributed by atoms with Crippen LogP contribution >= 0.6 is 24.2 Å². The summed E-state index contributed by atoms with van der Waals surface area (Å²) in [6.45, 7) is 3.22. The molecule has 3 aromatic rings. The minimum atomic E-state index is -4.37. The maximum Gasteiger partial charge on any atom is 0.264 e. The number of hydrogen-bond acceptors (Lipinski definition) is 7. The lowest BCUT2D eigenvalue weighted by atomic mass is 10.0. The van der Waals surface area contributed by atoms with Gasteiger partial charge in [0.25, 0.3) is 15.9 Å². The molecule has 3 N–H and O–H groups in total. The number of hydrogen-bond donors (Lipinski definition) is 4. The largest absolute Gasteiger partial charge is 0.384 e. The minimum absolute atomic E-state index is 0.0658. The van der Waals surface area contributed by atoms with Crippen LogP contribution in [-0.2, 0) is 37.4 Å². The van der Waals surface area contributed by atoms with Gasteiger partial charge < -0.3 is 15.3 Å². The second-order valence-corrected chi connectivity index (χ2v) is 13.0. The Morgan fingerprint density at radius 2 is 1.78 bits per heavy atom. The highest BCUT2D eigenvalue weighted by Gasteiger charge is 2.24. The normalized spacial score (nSPS) is 12.7. The van der Waals surface area contributed by atoms with Gasteiger partial charge in [0.15, 0.2) is 0 Å². The molecule has 0 fully saturated rings. The van der Waals surface area contributed by atoms with E-state index in [4.69, 9.17) is 11.6 Å². The maximum atomic E-state index is 15.4. The van der Waals surface area contributed by atoms with Crippen molar-refractivity contribution in [3.63, 3.8) is 0 Å². The van der Waals surface area contributed by atoms with Gasteiger partial charge in [-0.05, 0) is 55.2 Å². The molecule has 3 aromatic carbocycles. The number of halogens is 2. The SMILES string of the molecule is CCCC(=O)N(CCNC(=O)[C@@H](CS)Cc1cccc(Cl)c1)Cc1ccc(-c2ccccc2S(=O)(=O)NC(=O)[C@H](C)O)cc1F. The van der Waals surface area contributed by atoms with E-state index in [9.17, 15) is 27.9 Å². The molecule has 0 saturated heterocycles. The molecule has 0 saturated carbocycles. The Morgan fingerprint density at radius 3 is 2.42 bits per heavy atom. The van der Waals surface area contributed by atoms with Crippen LogP contribution in [0.5, 0.6) is 0 Å². The molecule has 0 heterocycles. The van der Waals surface area contributed by atoms with Gasteiger partial charge in [-0.2, -0.15) is 12.6 Å². The number of aliphatic hydroxyl groups is 1. The quantitative estimate of drug-likeness (QED) is 0.177. The summed E-state index contributed by atoms with van der Waals surface area (Å²) in [7, 11) is -4.37. The maximum absolute atomic E-state index is 15.4. The van der Waals surface area contributed by atoms with Gasteiger partial charge in [-0.25, -0.2) is 17.5 Å². The van der Waals surface area contributed by atoms with Gasteiger partial charge >= 0.3 is 0 Å². The fourth-order valence-corrected chi connectivity index (χ4v) is 6.36. The third kappa shape index (κ3) is 10.3. The number of carbonyl (C=O) groups is 3. The second-order valence-electron chi connectivity index (χ2n) is 10.5. The first-order valence-corrected chi connectivity index (χ1v) is 16.9. The van der Waals surface area contributed by atoms with Crippen molar-refractivity contribution in [3.8, 4) is 11.1 Å². The van der Waals surface area contributed by atoms with Crippen LogP contribution in [0.2, 0.25) is 5.02 Å². The predicted molar refractivity (Wildman–Crippen MR) is 175 cm³/mol. The van der Waals surface area contributed by atoms with Crippen molar-refractivity contribution in [1.82, 2.24) is 14.9 Å². The first kappa shape index (κ1) is 36.0. The summed E-state index contributed by atoms with van der Waals surface area (Å²) >= 11 is 10.4. The summed E-state index contributed by atoms with van der Waals surface area (Å²) in [5.41, 5.74) is 1.48. The molecule has 0 radical (unpaired) electrons. The van der Waals surface area contributed by atoms with E-state index in [1.807, 2.05) is 23.8 Å². The third-order valence-corrected chi connectivity index (χ3v) is 9.06. The van der Waals surface area contributed by atoms with Crippen LogP contribution < -0.4 is 10.0 Å². The van der Waals surface area contributed by atoms with Crippen LogP contribution in [0.4, 0.5) is 4.39 Å². The van der Waals surface area contributed by atoms with E-state index < -0.39 is 33.8 Å². The number of aliphatic hydroxyl groups excluding tert-OH is 1. The van der Waals surface area contributed by atoms with Crippen LogP contribution in [0.1, 0.15) is 37.8 Å². The van der Waals surface area contributed by atoms with Gasteiger partial charge in [-0.3, -0.25) is 14.4 Å². The zero-order valence-electron chi connectivity index (χ0n) is 25.0. The molecule has 0 aliphatic heterocycles. The van der Waals surface area contributed by atoms with Crippen LogP contribution in [0, 0.1) is 11.7 Å². The molecule has 2 atom stereocenters. The van der Waals surface area contributed by atoms with Crippen molar-refractivity contribution in [2.24, 2.45) is 5.92 Å². The molecule has 0 bridgehead atoms.